The van der Waals surface area contributed by atoms with Gasteiger partial charge < -0.3 is 39.9 Å². The number of fused-ring (bicyclic) bond motifs is 32. The normalized spacial score (nSPS) is 12.7. The van der Waals surface area contributed by atoms with E-state index in [0.717, 1.165) is 183 Å². The van der Waals surface area contributed by atoms with Crippen molar-refractivity contribution in [2.45, 2.75) is 107 Å². The number of hydrogen-bond donors (Lipinski definition) is 0. The first-order valence-electron chi connectivity index (χ1n) is 34.1. The average Bonchev–Trinajstić information content (AvgIpc) is 1.59. The first-order valence-corrected chi connectivity index (χ1v) is 34.1. The Bertz CT molecular complexity index is 5380. The van der Waals surface area contributed by atoms with Crippen molar-refractivity contribution in [1.82, 2.24) is 59.8 Å². The Kier molecular flexibility index (Phi) is 15.9. The van der Waals surface area contributed by atoms with Crippen molar-refractivity contribution in [2.75, 3.05) is 0 Å². The van der Waals surface area contributed by atoms with Crippen LogP contribution in [0.1, 0.15) is 126 Å². The molecule has 0 atom stereocenters. The minimum Gasteiger partial charge on any atom is -0.657 e. The van der Waals surface area contributed by atoms with E-state index in [1.54, 1.807) is 0 Å². The third kappa shape index (κ3) is 10.4. The molecule has 10 heterocycles. The van der Waals surface area contributed by atoms with E-state index in [9.17, 15) is 0 Å². The fourth-order valence-electron chi connectivity index (χ4n) is 15.3. The summed E-state index contributed by atoms with van der Waals surface area (Å²) in [5.74, 6) is 2.14. The molecular formula is C84H68N12Tm-4. The molecule has 13 heteroatoms. The first-order chi connectivity index (χ1) is 47.1. The van der Waals surface area contributed by atoms with Gasteiger partial charge in [0.2, 0.25) is 0 Å². The van der Waals surface area contributed by atoms with E-state index in [-0.39, 0.29) is 36.9 Å². The van der Waals surface area contributed by atoms with Crippen molar-refractivity contribution in [3.63, 3.8) is 0 Å². The molecule has 0 saturated carbocycles. The molecule has 4 aliphatic rings. The Morgan fingerprint density at radius 2 is 0.454 bits per heavy atom. The van der Waals surface area contributed by atoms with Gasteiger partial charge in [-0.25, -0.2) is 19.9 Å². The number of aryl methyl sites for hydroxylation is 4. The summed E-state index contributed by atoms with van der Waals surface area (Å²) < 4.78 is 0. The SMILES string of the molecule is CCC1=C(CC)c2cc3[n-]c(cc4nc(cc5[n-]c(cc1n2)c(CC)c5CC)C(CC)=C4CC)c(CC)c3CC.[Tm].c1ccc2cc3c(cc2c1)-c1nc-3nc2[n-]c(nc3nc(nc4[n-]c(n1)c1cc5ccccc5cc41)-c1cc4ccccc4cc1-3)c1cc3ccccc3cc21. The minimum atomic E-state index is 0. The molecule has 481 valence electrons. The molecule has 1 radical (unpaired) electrons. The summed E-state index contributed by atoms with van der Waals surface area (Å²) in [7, 11) is 0. The van der Waals surface area contributed by atoms with Gasteiger partial charge in [-0.3, -0.25) is 0 Å². The standard InChI is InChI=1S/C48H24N8.C36H44N4.Tm/c1-2-10-26-18-34-33(17-25(26)9-1)41-49-42(34)54-44-37-21-29-13-5-6-14-30(29)22-38(37)46(51-44)56-48-40-24-32-16-8-7-15-31(32)23-39(40)47(52-48)55-45-36-20-28-12-4-3-11-27(28)19-35(36)43(50-45)53-41;1-9-21-22(10-2)30-18-32-25(13-5)26(14-6)34(39-32)20-36-28(16-8)27(15-7)35(40-36)19-33-24(12-4)23(11-3)31(38-33)17-29(21)37-30;/h1-24H;17-20H,9-16H2,1-8H3;/q2*-2;. The van der Waals surface area contributed by atoms with Crippen LogP contribution in [0.15, 0.2) is 170 Å². The van der Waals surface area contributed by atoms with Gasteiger partial charge in [-0.05, 0) is 187 Å². The maximum atomic E-state index is 5.25. The molecule has 0 spiro atoms. The van der Waals surface area contributed by atoms with Crippen LogP contribution in [0.2, 0.25) is 0 Å². The van der Waals surface area contributed by atoms with Gasteiger partial charge >= 0.3 is 0 Å². The van der Waals surface area contributed by atoms with Crippen LogP contribution in [0, 0.1) is 36.9 Å². The maximum Gasteiger partial charge on any atom is 0.0928 e. The predicted molar refractivity (Wildman–Crippen MR) is 395 cm³/mol. The van der Waals surface area contributed by atoms with E-state index in [2.05, 4.69) is 177 Å². The zero-order valence-corrected chi connectivity index (χ0v) is 57.2. The van der Waals surface area contributed by atoms with Crippen LogP contribution in [0.3, 0.4) is 0 Å². The van der Waals surface area contributed by atoms with Crippen molar-refractivity contribution in [3.8, 4) is 45.6 Å². The molecule has 18 rings (SSSR count). The van der Waals surface area contributed by atoms with Gasteiger partial charge in [-0.2, -0.15) is 0 Å². The molecule has 14 aromatic rings. The van der Waals surface area contributed by atoms with Gasteiger partial charge in [0.15, 0.2) is 0 Å². The Morgan fingerprint density at radius 3 is 0.660 bits per heavy atom. The summed E-state index contributed by atoms with van der Waals surface area (Å²) in [4.78, 5) is 62.6. The molecule has 0 unspecified atom stereocenters. The van der Waals surface area contributed by atoms with E-state index < -0.39 is 0 Å². The average molecular weight is 1410 g/mol. The Morgan fingerprint density at radius 1 is 0.237 bits per heavy atom. The second kappa shape index (κ2) is 24.9. The van der Waals surface area contributed by atoms with Crippen LogP contribution in [-0.4, -0.2) is 39.9 Å². The quantitative estimate of drug-likeness (QED) is 0.142. The minimum absolute atomic E-state index is 0. The van der Waals surface area contributed by atoms with Gasteiger partial charge in [0, 0.05) is 81.7 Å². The van der Waals surface area contributed by atoms with Crippen LogP contribution in [0.5, 0.6) is 0 Å². The van der Waals surface area contributed by atoms with Crippen molar-refractivity contribution < 1.29 is 36.9 Å². The molecule has 0 N–H and O–H groups in total. The Hall–Kier alpha value is -10.0. The van der Waals surface area contributed by atoms with Crippen LogP contribution >= 0.6 is 0 Å². The summed E-state index contributed by atoms with van der Waals surface area (Å²) in [6.45, 7) is 17.9. The Balaban J connectivity index is 0.000000160. The molecule has 0 amide bonds. The van der Waals surface area contributed by atoms with Gasteiger partial charge in [0.1, 0.15) is 0 Å². The van der Waals surface area contributed by atoms with Crippen LogP contribution < -0.4 is 19.9 Å². The molecular weight excluding hydrogens is 1350 g/mol. The number of allylic oxidation sites excluding steroid dienone is 4. The van der Waals surface area contributed by atoms with Gasteiger partial charge in [-0.15, -0.1) is 22.1 Å². The third-order valence-electron chi connectivity index (χ3n) is 20.0. The van der Waals surface area contributed by atoms with Gasteiger partial charge in [0.25, 0.3) is 0 Å². The first kappa shape index (κ1) is 61.8. The molecule has 6 aromatic heterocycles. The topological polar surface area (TPSA) is 160 Å². The summed E-state index contributed by atoms with van der Waals surface area (Å²) >= 11 is 0. The fraction of sp³-hybridized carbons (Fsp3) is 0.190. The molecule has 0 fully saturated rings. The van der Waals surface area contributed by atoms with Crippen molar-refractivity contribution >= 4 is 132 Å². The van der Waals surface area contributed by atoms with Crippen molar-refractivity contribution in [2.24, 2.45) is 0 Å². The number of aromatic nitrogens is 12. The van der Waals surface area contributed by atoms with Gasteiger partial charge in [0.05, 0.1) is 46.1 Å². The third-order valence-corrected chi connectivity index (χ3v) is 20.0. The van der Waals surface area contributed by atoms with E-state index >= 15 is 0 Å². The van der Waals surface area contributed by atoms with E-state index in [4.69, 9.17) is 59.8 Å². The number of hydrogen-bond acceptors (Lipinski definition) is 8. The van der Waals surface area contributed by atoms with Crippen molar-refractivity contribution in [3.05, 3.63) is 215 Å². The molecule has 0 aliphatic carbocycles. The summed E-state index contributed by atoms with van der Waals surface area (Å²) in [5.41, 5.74) is 24.8. The van der Waals surface area contributed by atoms with Crippen molar-refractivity contribution in [1.29, 1.82) is 0 Å². The summed E-state index contributed by atoms with van der Waals surface area (Å²) in [5, 5.41) is 12.2. The largest absolute Gasteiger partial charge is 0.657 e. The van der Waals surface area contributed by atoms with Crippen LogP contribution in [0.4, 0.5) is 0 Å². The second-order valence-corrected chi connectivity index (χ2v) is 25.2. The number of nitrogens with zero attached hydrogens (tertiary/aromatic N) is 12. The second-order valence-electron chi connectivity index (χ2n) is 25.2. The monoisotopic (exact) mass is 1410 g/mol. The summed E-state index contributed by atoms with van der Waals surface area (Å²) in [6.07, 6.45) is 7.60. The van der Waals surface area contributed by atoms with Crippen LogP contribution in [0.25, 0.3) is 177 Å². The molecule has 16 bridgehead atoms. The molecule has 0 saturated heterocycles. The predicted octanol–water partition coefficient (Wildman–Crippen LogP) is 20.0. The van der Waals surface area contributed by atoms with Gasteiger partial charge in [-0.1, -0.05) is 199 Å². The Labute approximate surface area is 590 Å². The zero-order valence-electron chi connectivity index (χ0n) is 55.5. The summed E-state index contributed by atoms with van der Waals surface area (Å²) in [6, 6.07) is 59.4. The molecule has 97 heavy (non-hydrogen) atoms. The molecule has 12 nitrogen and oxygen atoms in total. The fourth-order valence-corrected chi connectivity index (χ4v) is 15.3. The van der Waals surface area contributed by atoms with E-state index in [0.29, 0.717) is 45.9 Å². The number of benzene rings is 8. The van der Waals surface area contributed by atoms with E-state index in [1.165, 1.54) is 44.5 Å². The van der Waals surface area contributed by atoms with Crippen LogP contribution in [-0.2, 0) is 25.7 Å². The molecule has 8 aromatic carbocycles. The smallest absolute Gasteiger partial charge is 0.0928 e. The number of rotatable bonds is 8. The van der Waals surface area contributed by atoms with E-state index in [1.807, 2.05) is 48.5 Å². The molecule has 4 aliphatic heterocycles. The zero-order chi connectivity index (χ0) is 65.0. The maximum absolute atomic E-state index is 5.25.